The average molecular weight is 465 g/mol. The topological polar surface area (TPSA) is 135 Å². The molecule has 0 saturated carbocycles. The van der Waals surface area contributed by atoms with Gasteiger partial charge in [0.1, 0.15) is 36.4 Å². The van der Waals surface area contributed by atoms with E-state index in [9.17, 15) is 24.3 Å². The van der Waals surface area contributed by atoms with E-state index < -0.39 is 17.9 Å². The minimum Gasteiger partial charge on any atom is -0.506 e. The Morgan fingerprint density at radius 2 is 2.12 bits per heavy atom. The summed E-state index contributed by atoms with van der Waals surface area (Å²) in [7, 11) is 1.46. The van der Waals surface area contributed by atoms with Crippen LogP contribution in [0.5, 0.6) is 11.5 Å². The summed E-state index contributed by atoms with van der Waals surface area (Å²) in [5.74, 6) is 4.62. The highest BCUT2D eigenvalue weighted by Crippen LogP contribution is 2.20. The average Bonchev–Trinajstić information content (AvgIpc) is 2.83. The third-order valence-electron chi connectivity index (χ3n) is 5.01. The summed E-state index contributed by atoms with van der Waals surface area (Å²) in [6, 6.07) is 6.74. The van der Waals surface area contributed by atoms with Crippen LogP contribution in [0, 0.1) is 11.8 Å². The molecule has 10 nitrogen and oxygen atoms in total. The lowest BCUT2D eigenvalue weighted by molar-refractivity contribution is -0.136. The number of aromatic hydroxyl groups is 1. The van der Waals surface area contributed by atoms with E-state index in [0.29, 0.717) is 17.7 Å². The van der Waals surface area contributed by atoms with Crippen LogP contribution in [0.1, 0.15) is 39.3 Å². The molecule has 0 aliphatic carbocycles. The molecule has 0 bridgehead atoms. The molecule has 1 aliphatic heterocycles. The Bertz CT molecular complexity index is 1140. The first-order chi connectivity index (χ1) is 16.4. The van der Waals surface area contributed by atoms with E-state index in [1.807, 2.05) is 0 Å². The Hall–Kier alpha value is -4.23. The highest BCUT2D eigenvalue weighted by Gasteiger charge is 2.33. The highest BCUT2D eigenvalue weighted by molar-refractivity contribution is 6.06. The van der Waals surface area contributed by atoms with Crippen molar-refractivity contribution in [2.24, 2.45) is 0 Å². The van der Waals surface area contributed by atoms with Crippen LogP contribution < -0.4 is 10.1 Å². The molecule has 1 aromatic heterocycles. The van der Waals surface area contributed by atoms with Gasteiger partial charge in [-0.15, -0.1) is 0 Å². The predicted octanol–water partition coefficient (Wildman–Crippen LogP) is 0.924. The van der Waals surface area contributed by atoms with Gasteiger partial charge in [0.15, 0.2) is 6.29 Å². The molecule has 2 heterocycles. The number of rotatable bonds is 8. The first-order valence-corrected chi connectivity index (χ1v) is 10.4. The number of nitrogens with zero attached hydrogens (tertiary/aromatic N) is 2. The number of hydrogen-bond acceptors (Lipinski definition) is 8. The van der Waals surface area contributed by atoms with Crippen molar-refractivity contribution in [3.8, 4) is 23.3 Å². The van der Waals surface area contributed by atoms with Crippen molar-refractivity contribution in [1.29, 1.82) is 0 Å². The number of nitrogens with one attached hydrogen (secondary N) is 1. The quantitative estimate of drug-likeness (QED) is 0.254. The second-order valence-corrected chi connectivity index (χ2v) is 7.35. The lowest BCUT2D eigenvalue weighted by Gasteiger charge is -2.30. The molecule has 0 radical (unpaired) electrons. The van der Waals surface area contributed by atoms with Crippen LogP contribution in [-0.4, -0.2) is 71.9 Å². The number of amides is 3. The largest absolute Gasteiger partial charge is 0.506 e. The second-order valence-electron chi connectivity index (χ2n) is 7.35. The molecule has 1 aliphatic rings. The Morgan fingerprint density at radius 3 is 2.82 bits per heavy atom. The molecule has 1 fully saturated rings. The maximum absolute atomic E-state index is 12.9. The fraction of sp³-hybridized carbons (Fsp3) is 0.292. The van der Waals surface area contributed by atoms with E-state index in [0.717, 1.165) is 0 Å². The molecule has 2 aromatic rings. The molecule has 1 atom stereocenters. The van der Waals surface area contributed by atoms with Crippen LogP contribution in [0.15, 0.2) is 36.5 Å². The summed E-state index contributed by atoms with van der Waals surface area (Å²) in [6.45, 7) is 0.597. The monoisotopic (exact) mass is 465 g/mol. The summed E-state index contributed by atoms with van der Waals surface area (Å²) in [5, 5.41) is 11.4. The first-order valence-electron chi connectivity index (χ1n) is 10.4. The molecular weight excluding hydrogens is 442 g/mol. The lowest BCUT2D eigenvalue weighted by Crippen LogP contribution is -2.53. The fourth-order valence-electron chi connectivity index (χ4n) is 3.23. The van der Waals surface area contributed by atoms with Crippen molar-refractivity contribution in [2.75, 3.05) is 26.9 Å². The number of hydrogen-bond donors (Lipinski definition) is 2. The first kappa shape index (κ1) is 24.4. The van der Waals surface area contributed by atoms with Gasteiger partial charge in [-0.05, 0) is 42.7 Å². The van der Waals surface area contributed by atoms with Crippen LogP contribution >= 0.6 is 0 Å². The van der Waals surface area contributed by atoms with Crippen molar-refractivity contribution in [3.63, 3.8) is 0 Å². The van der Waals surface area contributed by atoms with Gasteiger partial charge < -0.3 is 19.5 Å². The number of aromatic nitrogens is 1. The molecular formula is C24H23N3O7. The molecule has 34 heavy (non-hydrogen) atoms. The lowest BCUT2D eigenvalue weighted by atomic mass is 10.0. The van der Waals surface area contributed by atoms with Crippen molar-refractivity contribution in [2.45, 2.75) is 18.9 Å². The highest BCUT2D eigenvalue weighted by atomic mass is 16.5. The SMILES string of the molecule is CN(C(=O)c1ccc(OCCOCC#Cc2ccc(O)cn2)cc1C=O)C1CCC(=O)NC1=O. The standard InChI is InChI=1S/C24H23N3O7/c1-27(21-8-9-22(30)26-23(21)31)24(32)20-7-6-19(13-16(20)15-28)34-12-11-33-10-2-3-17-4-5-18(29)14-25-17/h4-7,13-15,21,29H,8-12H2,1H3,(H,26,30,31). The smallest absolute Gasteiger partial charge is 0.255 e. The van der Waals surface area contributed by atoms with Gasteiger partial charge in [0.05, 0.1) is 18.4 Å². The zero-order valence-corrected chi connectivity index (χ0v) is 18.4. The summed E-state index contributed by atoms with van der Waals surface area (Å²) < 4.78 is 10.9. The number of imide groups is 1. The fourth-order valence-corrected chi connectivity index (χ4v) is 3.23. The predicted molar refractivity (Wildman–Crippen MR) is 119 cm³/mol. The minimum atomic E-state index is -0.786. The minimum absolute atomic E-state index is 0.0652. The Morgan fingerprint density at radius 1 is 1.29 bits per heavy atom. The molecule has 0 spiro atoms. The van der Waals surface area contributed by atoms with Gasteiger partial charge in [0.2, 0.25) is 11.8 Å². The van der Waals surface area contributed by atoms with Gasteiger partial charge in [0, 0.05) is 19.0 Å². The summed E-state index contributed by atoms with van der Waals surface area (Å²) in [5.41, 5.74) is 0.760. The van der Waals surface area contributed by atoms with Crippen molar-refractivity contribution < 1.29 is 33.8 Å². The number of carbonyl (C=O) groups is 4. The van der Waals surface area contributed by atoms with Gasteiger partial charge in [-0.25, -0.2) is 4.98 Å². The zero-order valence-electron chi connectivity index (χ0n) is 18.4. The maximum atomic E-state index is 12.9. The van der Waals surface area contributed by atoms with E-state index in [-0.39, 0.29) is 55.4 Å². The van der Waals surface area contributed by atoms with E-state index in [4.69, 9.17) is 9.47 Å². The van der Waals surface area contributed by atoms with E-state index in [2.05, 4.69) is 22.1 Å². The number of carbonyl (C=O) groups excluding carboxylic acids is 4. The molecule has 3 amide bonds. The van der Waals surface area contributed by atoms with Crippen molar-refractivity contribution in [1.82, 2.24) is 15.2 Å². The van der Waals surface area contributed by atoms with Crippen LogP contribution in [0.2, 0.25) is 0 Å². The van der Waals surface area contributed by atoms with Gasteiger partial charge >= 0.3 is 0 Å². The Labute approximate surface area is 195 Å². The molecule has 1 unspecified atom stereocenters. The van der Waals surface area contributed by atoms with Gasteiger partial charge in [0.25, 0.3) is 5.91 Å². The normalized spacial score (nSPS) is 15.0. The second kappa shape index (κ2) is 11.6. The third kappa shape index (κ3) is 6.40. The number of aldehydes is 1. The number of benzene rings is 1. The molecule has 1 saturated heterocycles. The van der Waals surface area contributed by atoms with Crippen LogP contribution in [0.3, 0.4) is 0 Å². The molecule has 1 aromatic carbocycles. The van der Waals surface area contributed by atoms with Gasteiger partial charge in [-0.1, -0.05) is 5.92 Å². The number of piperidine rings is 1. The zero-order chi connectivity index (χ0) is 24.5. The van der Waals surface area contributed by atoms with E-state index in [1.165, 1.54) is 36.3 Å². The maximum Gasteiger partial charge on any atom is 0.255 e. The summed E-state index contributed by atoms with van der Waals surface area (Å²) >= 11 is 0. The molecule has 3 rings (SSSR count). The molecule has 10 heteroatoms. The van der Waals surface area contributed by atoms with Crippen LogP contribution in [0.25, 0.3) is 0 Å². The number of ether oxygens (including phenoxy) is 2. The Kier molecular flexibility index (Phi) is 8.32. The summed E-state index contributed by atoms with van der Waals surface area (Å²) in [4.78, 5) is 53.0. The van der Waals surface area contributed by atoms with Gasteiger partial charge in [-0.2, -0.15) is 0 Å². The van der Waals surface area contributed by atoms with Crippen LogP contribution in [-0.2, 0) is 14.3 Å². The Balaban J connectivity index is 1.50. The van der Waals surface area contributed by atoms with Gasteiger partial charge in [-0.3, -0.25) is 24.5 Å². The molecule has 2 N–H and O–H groups in total. The van der Waals surface area contributed by atoms with Crippen molar-refractivity contribution >= 4 is 24.0 Å². The van der Waals surface area contributed by atoms with E-state index in [1.54, 1.807) is 12.1 Å². The summed E-state index contributed by atoms with van der Waals surface area (Å²) in [6.07, 6.45) is 2.21. The number of pyridine rings is 1. The van der Waals surface area contributed by atoms with Crippen LogP contribution in [0.4, 0.5) is 0 Å². The number of likely N-dealkylation sites (N-methyl/N-ethyl adjacent to an activating group) is 1. The van der Waals surface area contributed by atoms with Crippen molar-refractivity contribution in [3.05, 3.63) is 53.3 Å². The van der Waals surface area contributed by atoms with E-state index >= 15 is 0 Å². The third-order valence-corrected chi connectivity index (χ3v) is 5.01. The molecule has 176 valence electrons.